The molecule has 0 amide bonds. The summed E-state index contributed by atoms with van der Waals surface area (Å²) >= 11 is 0. The van der Waals surface area contributed by atoms with Gasteiger partial charge in [-0.15, -0.1) is 10.8 Å². The summed E-state index contributed by atoms with van der Waals surface area (Å²) in [5.74, 6) is -0.224. The van der Waals surface area contributed by atoms with Crippen LogP contribution in [0.1, 0.15) is 54.5 Å². The van der Waals surface area contributed by atoms with Gasteiger partial charge in [0.2, 0.25) is 0 Å². The second kappa shape index (κ2) is 9.53. The predicted octanol–water partition coefficient (Wildman–Crippen LogP) is 5.30. The standard InChI is InChI=1S/C25H33NO5S/c1-19-8-13-23(21-6-4-3-5-7-21)32(28,29)26(19)18-20-9-11-22(12-10-20)25(24(27)30-2)14-16-31-17-15-25/h3-7,9-12,19,23,28-29H,8,13-18H2,1-2H3/t19-,23+/m0/s1. The van der Waals surface area contributed by atoms with Crippen LogP contribution >= 0.6 is 10.8 Å². The van der Waals surface area contributed by atoms with Gasteiger partial charge in [-0.1, -0.05) is 54.6 Å². The number of hydrogen-bond donors (Lipinski definition) is 2. The van der Waals surface area contributed by atoms with Gasteiger partial charge in [-0.3, -0.25) is 13.9 Å². The van der Waals surface area contributed by atoms with Crippen LogP contribution in [0.25, 0.3) is 0 Å². The van der Waals surface area contributed by atoms with E-state index < -0.39 is 16.2 Å². The molecule has 0 radical (unpaired) electrons. The van der Waals surface area contributed by atoms with Crippen LogP contribution in [0.5, 0.6) is 0 Å². The van der Waals surface area contributed by atoms with Gasteiger partial charge in [0.05, 0.1) is 17.8 Å². The molecule has 0 saturated carbocycles. The number of esters is 1. The lowest BCUT2D eigenvalue weighted by molar-refractivity contribution is -0.151. The van der Waals surface area contributed by atoms with Gasteiger partial charge in [0.15, 0.2) is 0 Å². The van der Waals surface area contributed by atoms with Crippen LogP contribution < -0.4 is 0 Å². The Morgan fingerprint density at radius 1 is 1.09 bits per heavy atom. The summed E-state index contributed by atoms with van der Waals surface area (Å²) in [5, 5.41) is -0.288. The highest BCUT2D eigenvalue weighted by Gasteiger charge is 2.43. The number of carbonyl (C=O) groups is 1. The maximum Gasteiger partial charge on any atom is 0.316 e. The third kappa shape index (κ3) is 4.32. The van der Waals surface area contributed by atoms with Crippen molar-refractivity contribution in [3.63, 3.8) is 0 Å². The van der Waals surface area contributed by atoms with Crippen LogP contribution in [0.2, 0.25) is 0 Å². The van der Waals surface area contributed by atoms with E-state index in [0.717, 1.165) is 29.5 Å². The van der Waals surface area contributed by atoms with Gasteiger partial charge in [-0.25, -0.2) is 0 Å². The number of ether oxygens (including phenoxy) is 2. The van der Waals surface area contributed by atoms with E-state index in [1.807, 2.05) is 58.9 Å². The highest BCUT2D eigenvalue weighted by atomic mass is 32.3. The van der Waals surface area contributed by atoms with Crippen LogP contribution in [0.3, 0.4) is 0 Å². The van der Waals surface area contributed by atoms with Crippen molar-refractivity contribution in [2.24, 2.45) is 0 Å². The zero-order valence-electron chi connectivity index (χ0n) is 18.8. The molecule has 7 heteroatoms. The number of methoxy groups -OCH3 is 1. The first-order chi connectivity index (χ1) is 15.4. The average Bonchev–Trinajstić information content (AvgIpc) is 2.82. The molecule has 2 aromatic rings. The van der Waals surface area contributed by atoms with Gasteiger partial charge in [0, 0.05) is 25.8 Å². The topological polar surface area (TPSA) is 79.2 Å². The number of nitrogens with zero attached hydrogens (tertiary/aromatic N) is 1. The first-order valence-corrected chi connectivity index (χ1v) is 12.8. The van der Waals surface area contributed by atoms with Gasteiger partial charge in [-0.2, -0.15) is 4.31 Å². The molecule has 2 aliphatic rings. The summed E-state index contributed by atoms with van der Waals surface area (Å²) in [5.41, 5.74) is 2.21. The molecular formula is C25H33NO5S. The highest BCUT2D eigenvalue weighted by Crippen LogP contribution is 2.62. The summed E-state index contributed by atoms with van der Waals surface area (Å²) < 4.78 is 35.0. The number of carbonyl (C=O) groups excluding carboxylic acids is 1. The normalized spacial score (nSPS) is 26.2. The zero-order chi connectivity index (χ0) is 22.8. The maximum atomic E-state index is 12.6. The highest BCUT2D eigenvalue weighted by molar-refractivity contribution is 8.22. The Morgan fingerprint density at radius 2 is 1.75 bits per heavy atom. The van der Waals surface area contributed by atoms with Gasteiger partial charge in [-0.05, 0) is 49.3 Å². The van der Waals surface area contributed by atoms with E-state index in [9.17, 15) is 13.9 Å². The lowest BCUT2D eigenvalue weighted by atomic mass is 9.74. The Morgan fingerprint density at radius 3 is 2.38 bits per heavy atom. The van der Waals surface area contributed by atoms with Crippen molar-refractivity contribution in [2.75, 3.05) is 20.3 Å². The minimum atomic E-state index is -2.98. The summed E-state index contributed by atoms with van der Waals surface area (Å²) in [4.78, 5) is 12.6. The lowest BCUT2D eigenvalue weighted by Crippen LogP contribution is -2.42. The molecule has 4 rings (SSSR count). The van der Waals surface area contributed by atoms with Crippen molar-refractivity contribution in [2.45, 2.75) is 55.9 Å². The van der Waals surface area contributed by atoms with Crippen LogP contribution in [0.15, 0.2) is 54.6 Å². The van der Waals surface area contributed by atoms with Crippen molar-refractivity contribution in [3.8, 4) is 0 Å². The second-order valence-corrected chi connectivity index (χ2v) is 11.0. The van der Waals surface area contributed by atoms with Gasteiger partial charge < -0.3 is 9.47 Å². The molecule has 2 atom stereocenters. The van der Waals surface area contributed by atoms with Crippen LogP contribution in [-0.4, -0.2) is 45.7 Å². The van der Waals surface area contributed by atoms with E-state index in [1.54, 1.807) is 0 Å². The molecular weight excluding hydrogens is 426 g/mol. The molecule has 2 aliphatic heterocycles. The number of benzene rings is 2. The van der Waals surface area contributed by atoms with Gasteiger partial charge in [0.1, 0.15) is 0 Å². The Balaban J connectivity index is 1.56. The monoisotopic (exact) mass is 459 g/mol. The quantitative estimate of drug-likeness (QED) is 0.591. The molecule has 0 aromatic heterocycles. The molecule has 2 fully saturated rings. The smallest absolute Gasteiger partial charge is 0.316 e. The first kappa shape index (κ1) is 23.3. The van der Waals surface area contributed by atoms with E-state index in [4.69, 9.17) is 9.47 Å². The summed E-state index contributed by atoms with van der Waals surface area (Å²) in [6.07, 6.45) is 2.86. The van der Waals surface area contributed by atoms with E-state index in [2.05, 4.69) is 6.92 Å². The van der Waals surface area contributed by atoms with E-state index in [1.165, 1.54) is 7.11 Å². The lowest BCUT2D eigenvalue weighted by Gasteiger charge is -2.54. The van der Waals surface area contributed by atoms with E-state index >= 15 is 0 Å². The Kier molecular flexibility index (Phi) is 6.93. The minimum absolute atomic E-state index is 0.0662. The molecule has 0 aliphatic carbocycles. The molecule has 32 heavy (non-hydrogen) atoms. The molecule has 2 N–H and O–H groups in total. The Labute approximate surface area is 192 Å². The molecule has 0 spiro atoms. The third-order valence-electron chi connectivity index (χ3n) is 7.00. The number of rotatable bonds is 5. The molecule has 174 valence electrons. The largest absolute Gasteiger partial charge is 0.468 e. The van der Waals surface area contributed by atoms with E-state index in [-0.39, 0.29) is 17.3 Å². The van der Waals surface area contributed by atoms with Gasteiger partial charge in [0.25, 0.3) is 0 Å². The molecule has 0 bridgehead atoms. The van der Waals surface area contributed by atoms with Gasteiger partial charge >= 0.3 is 5.97 Å². The molecule has 2 heterocycles. The average molecular weight is 460 g/mol. The zero-order valence-corrected chi connectivity index (χ0v) is 19.6. The maximum absolute atomic E-state index is 12.6. The third-order valence-corrected chi connectivity index (χ3v) is 9.45. The fraction of sp³-hybridized carbons (Fsp3) is 0.480. The van der Waals surface area contributed by atoms with E-state index in [0.29, 0.717) is 32.6 Å². The summed E-state index contributed by atoms with van der Waals surface area (Å²) in [7, 11) is -1.55. The summed E-state index contributed by atoms with van der Waals surface area (Å²) in [6.45, 7) is 3.56. The Hall–Kier alpha value is -1.90. The van der Waals surface area contributed by atoms with Crippen molar-refractivity contribution in [1.29, 1.82) is 0 Å². The fourth-order valence-corrected chi connectivity index (χ4v) is 7.30. The first-order valence-electron chi connectivity index (χ1n) is 11.2. The second-order valence-electron chi connectivity index (χ2n) is 8.85. The van der Waals surface area contributed by atoms with Crippen molar-refractivity contribution in [3.05, 3.63) is 71.3 Å². The van der Waals surface area contributed by atoms with Crippen molar-refractivity contribution < 1.29 is 23.4 Å². The number of hydrogen-bond acceptors (Lipinski definition) is 6. The fourth-order valence-electron chi connectivity index (χ4n) is 5.03. The Bertz CT molecular complexity index is 912. The predicted molar refractivity (Wildman–Crippen MR) is 126 cm³/mol. The summed E-state index contributed by atoms with van der Waals surface area (Å²) in [6, 6.07) is 17.8. The SMILES string of the molecule is COC(=O)C1(c2ccc(CN3[C@@H](C)CC[C@H](c4ccccc4)S3(O)O)cc2)CCOCC1. The molecule has 2 aromatic carbocycles. The van der Waals surface area contributed by atoms with Crippen LogP contribution in [0.4, 0.5) is 0 Å². The molecule has 6 nitrogen and oxygen atoms in total. The van der Waals surface area contributed by atoms with Crippen LogP contribution in [0, 0.1) is 0 Å². The minimum Gasteiger partial charge on any atom is -0.468 e. The molecule has 2 saturated heterocycles. The van der Waals surface area contributed by atoms with Crippen LogP contribution in [-0.2, 0) is 26.2 Å². The van der Waals surface area contributed by atoms with Crippen molar-refractivity contribution in [1.82, 2.24) is 4.31 Å². The van der Waals surface area contributed by atoms with Crippen molar-refractivity contribution >= 4 is 16.7 Å². The molecule has 0 unspecified atom stereocenters.